The lowest BCUT2D eigenvalue weighted by Gasteiger charge is -2.33. The summed E-state index contributed by atoms with van der Waals surface area (Å²) in [7, 11) is 1.77. The molecule has 0 radical (unpaired) electrons. The normalized spacial score (nSPS) is 24.9. The van der Waals surface area contributed by atoms with Crippen molar-refractivity contribution < 1.29 is 18.7 Å². The van der Waals surface area contributed by atoms with Crippen LogP contribution in [0, 0.1) is 0 Å². The number of hydrogen-bond donors (Lipinski definition) is 1. The number of halogens is 2. The van der Waals surface area contributed by atoms with Crippen molar-refractivity contribution in [1.82, 2.24) is 4.90 Å². The van der Waals surface area contributed by atoms with Gasteiger partial charge >= 0.3 is 11.9 Å². The first-order chi connectivity index (χ1) is 6.43. The Kier molecular flexibility index (Phi) is 3.42. The zero-order chi connectivity index (χ0) is 10.8. The maximum atomic E-state index is 12.9. The summed E-state index contributed by atoms with van der Waals surface area (Å²) < 4.78 is 25.8. The Labute approximate surface area is 81.7 Å². The summed E-state index contributed by atoms with van der Waals surface area (Å²) in [5.41, 5.74) is 0. The molecule has 1 N–H and O–H groups in total. The van der Waals surface area contributed by atoms with Crippen LogP contribution in [0.2, 0.25) is 0 Å². The van der Waals surface area contributed by atoms with Gasteiger partial charge in [0.05, 0.1) is 0 Å². The quantitative estimate of drug-likeness (QED) is 0.763. The lowest BCUT2D eigenvalue weighted by Crippen LogP contribution is -2.42. The molecular weight excluding hydrogens is 192 g/mol. The summed E-state index contributed by atoms with van der Waals surface area (Å²) >= 11 is 0. The summed E-state index contributed by atoms with van der Waals surface area (Å²) in [5.74, 6) is -5.60. The zero-order valence-corrected chi connectivity index (χ0v) is 8.17. The molecule has 3 nitrogen and oxygen atoms in total. The maximum Gasteiger partial charge on any atom is 0.374 e. The third-order valence-electron chi connectivity index (χ3n) is 2.73. The second kappa shape index (κ2) is 4.21. The van der Waals surface area contributed by atoms with Crippen molar-refractivity contribution in [1.29, 1.82) is 0 Å². The van der Waals surface area contributed by atoms with Crippen LogP contribution in [0.1, 0.15) is 25.7 Å². The zero-order valence-electron chi connectivity index (χ0n) is 8.17. The van der Waals surface area contributed by atoms with Gasteiger partial charge in [-0.05, 0) is 26.4 Å². The van der Waals surface area contributed by atoms with E-state index in [1.165, 1.54) is 0 Å². The molecule has 1 aliphatic rings. The Bertz CT molecular complexity index is 221. The highest BCUT2D eigenvalue weighted by molar-refractivity contribution is 5.75. The van der Waals surface area contributed by atoms with Crippen LogP contribution in [0.3, 0.4) is 0 Å². The minimum absolute atomic E-state index is 0.296. The SMILES string of the molecule is CN1CCCCC1CC(F)(F)C(=O)O. The third-order valence-corrected chi connectivity index (χ3v) is 2.73. The first-order valence-electron chi connectivity index (χ1n) is 4.75. The molecule has 1 atom stereocenters. The predicted octanol–water partition coefficient (Wildman–Crippen LogP) is 1.58. The van der Waals surface area contributed by atoms with Gasteiger partial charge in [0, 0.05) is 12.5 Å². The molecule has 0 aromatic rings. The van der Waals surface area contributed by atoms with Gasteiger partial charge in [-0.25, -0.2) is 4.79 Å². The van der Waals surface area contributed by atoms with E-state index in [1.54, 1.807) is 7.05 Å². The van der Waals surface area contributed by atoms with E-state index in [0.717, 1.165) is 19.4 Å². The number of carboxylic acid groups (broad SMARTS) is 1. The summed E-state index contributed by atoms with van der Waals surface area (Å²) in [6, 6.07) is -0.296. The van der Waals surface area contributed by atoms with E-state index < -0.39 is 18.3 Å². The van der Waals surface area contributed by atoms with Crippen LogP contribution >= 0.6 is 0 Å². The van der Waals surface area contributed by atoms with Crippen molar-refractivity contribution >= 4 is 5.97 Å². The summed E-state index contributed by atoms with van der Waals surface area (Å²) in [6.07, 6.45) is 2.01. The van der Waals surface area contributed by atoms with Crippen LogP contribution < -0.4 is 0 Å². The molecule has 0 spiro atoms. The van der Waals surface area contributed by atoms with Crippen molar-refractivity contribution in [2.75, 3.05) is 13.6 Å². The van der Waals surface area contributed by atoms with Crippen molar-refractivity contribution in [2.45, 2.75) is 37.6 Å². The Morgan fingerprint density at radius 2 is 2.21 bits per heavy atom. The van der Waals surface area contributed by atoms with E-state index in [9.17, 15) is 13.6 Å². The lowest BCUT2D eigenvalue weighted by atomic mass is 9.97. The highest BCUT2D eigenvalue weighted by atomic mass is 19.3. The fourth-order valence-corrected chi connectivity index (χ4v) is 1.79. The average Bonchev–Trinajstić information content (AvgIpc) is 2.08. The molecule has 1 saturated heterocycles. The summed E-state index contributed by atoms with van der Waals surface area (Å²) in [5, 5.41) is 8.29. The lowest BCUT2D eigenvalue weighted by molar-refractivity contribution is -0.168. The summed E-state index contributed by atoms with van der Waals surface area (Å²) in [6.45, 7) is 0.778. The smallest absolute Gasteiger partial charge is 0.374 e. The highest BCUT2D eigenvalue weighted by Crippen LogP contribution is 2.27. The first kappa shape index (κ1) is 11.4. The number of alkyl halides is 2. The van der Waals surface area contributed by atoms with Gasteiger partial charge in [-0.2, -0.15) is 8.78 Å². The van der Waals surface area contributed by atoms with Gasteiger partial charge in [-0.15, -0.1) is 0 Å². The van der Waals surface area contributed by atoms with E-state index in [-0.39, 0.29) is 6.04 Å². The van der Waals surface area contributed by atoms with Crippen LogP contribution in [0.25, 0.3) is 0 Å². The number of carbonyl (C=O) groups is 1. The van der Waals surface area contributed by atoms with Gasteiger partial charge in [0.25, 0.3) is 0 Å². The van der Waals surface area contributed by atoms with E-state index in [2.05, 4.69) is 0 Å². The van der Waals surface area contributed by atoms with Gasteiger partial charge in [-0.3, -0.25) is 0 Å². The molecular formula is C9H15F2NO2. The number of likely N-dealkylation sites (tertiary alicyclic amines) is 1. The van der Waals surface area contributed by atoms with Gasteiger partial charge < -0.3 is 10.0 Å². The number of rotatable bonds is 3. The number of hydrogen-bond acceptors (Lipinski definition) is 2. The fraction of sp³-hybridized carbons (Fsp3) is 0.889. The van der Waals surface area contributed by atoms with Gasteiger partial charge in [-0.1, -0.05) is 6.42 Å². The first-order valence-corrected chi connectivity index (χ1v) is 4.75. The number of nitrogens with zero attached hydrogens (tertiary/aromatic N) is 1. The van der Waals surface area contributed by atoms with Crippen molar-refractivity contribution in [3.63, 3.8) is 0 Å². The molecule has 0 aliphatic carbocycles. The molecule has 0 bridgehead atoms. The number of aliphatic carboxylic acids is 1. The Morgan fingerprint density at radius 3 is 2.71 bits per heavy atom. The molecule has 1 rings (SSSR count). The highest BCUT2D eigenvalue weighted by Gasteiger charge is 2.42. The van der Waals surface area contributed by atoms with E-state index in [0.29, 0.717) is 6.42 Å². The van der Waals surface area contributed by atoms with Crippen molar-refractivity contribution in [3.05, 3.63) is 0 Å². The second-order valence-electron chi connectivity index (χ2n) is 3.84. The van der Waals surface area contributed by atoms with E-state index in [4.69, 9.17) is 5.11 Å². The van der Waals surface area contributed by atoms with Crippen molar-refractivity contribution in [3.8, 4) is 0 Å². The Hall–Kier alpha value is -0.710. The topological polar surface area (TPSA) is 40.5 Å². The maximum absolute atomic E-state index is 12.9. The van der Waals surface area contributed by atoms with E-state index in [1.807, 2.05) is 4.90 Å². The standard InChI is InChI=1S/C9H15F2NO2/c1-12-5-3-2-4-7(12)6-9(10,11)8(13)14/h7H,2-6H2,1H3,(H,13,14). The van der Waals surface area contributed by atoms with Crippen LogP contribution in [-0.2, 0) is 4.79 Å². The molecule has 0 saturated carbocycles. The van der Waals surface area contributed by atoms with E-state index >= 15 is 0 Å². The molecule has 82 valence electrons. The number of piperidine rings is 1. The molecule has 1 heterocycles. The number of carboxylic acids is 1. The monoisotopic (exact) mass is 207 g/mol. The molecule has 1 fully saturated rings. The molecule has 0 aromatic carbocycles. The largest absolute Gasteiger partial charge is 0.477 e. The molecule has 14 heavy (non-hydrogen) atoms. The molecule has 1 unspecified atom stereocenters. The van der Waals surface area contributed by atoms with Crippen LogP contribution in [0.5, 0.6) is 0 Å². The molecule has 1 aliphatic heterocycles. The Balaban J connectivity index is 2.53. The average molecular weight is 207 g/mol. The molecule has 0 aromatic heterocycles. The second-order valence-corrected chi connectivity index (χ2v) is 3.84. The fourth-order valence-electron chi connectivity index (χ4n) is 1.79. The van der Waals surface area contributed by atoms with Crippen LogP contribution in [-0.4, -0.2) is 41.5 Å². The third kappa shape index (κ3) is 2.64. The van der Waals surface area contributed by atoms with Crippen LogP contribution in [0.4, 0.5) is 8.78 Å². The summed E-state index contributed by atoms with van der Waals surface area (Å²) in [4.78, 5) is 12.1. The minimum Gasteiger partial charge on any atom is -0.477 e. The van der Waals surface area contributed by atoms with Crippen molar-refractivity contribution in [2.24, 2.45) is 0 Å². The molecule has 0 amide bonds. The van der Waals surface area contributed by atoms with Crippen LogP contribution in [0.15, 0.2) is 0 Å². The predicted molar refractivity (Wildman–Crippen MR) is 47.5 cm³/mol. The molecule has 5 heteroatoms. The van der Waals surface area contributed by atoms with Gasteiger partial charge in [0.2, 0.25) is 0 Å². The van der Waals surface area contributed by atoms with Gasteiger partial charge in [0.1, 0.15) is 0 Å². The minimum atomic E-state index is -3.59. The van der Waals surface area contributed by atoms with Gasteiger partial charge in [0.15, 0.2) is 0 Å². The Morgan fingerprint density at radius 1 is 1.57 bits per heavy atom.